The van der Waals surface area contributed by atoms with Gasteiger partial charge < -0.3 is 15.8 Å². The van der Waals surface area contributed by atoms with Crippen LogP contribution in [0.1, 0.15) is 35.6 Å². The number of aromatic nitrogens is 2. The van der Waals surface area contributed by atoms with Gasteiger partial charge in [0.25, 0.3) is 0 Å². The van der Waals surface area contributed by atoms with E-state index in [1.807, 2.05) is 31.2 Å². The van der Waals surface area contributed by atoms with Gasteiger partial charge in [0.1, 0.15) is 36.4 Å². The zero-order valence-corrected chi connectivity index (χ0v) is 14.2. The van der Waals surface area contributed by atoms with Crippen LogP contribution in [0.5, 0.6) is 5.75 Å². The Balaban J connectivity index is 1.49. The van der Waals surface area contributed by atoms with E-state index in [0.29, 0.717) is 24.6 Å². The van der Waals surface area contributed by atoms with E-state index in [0.717, 1.165) is 29.8 Å². The second-order valence-electron chi connectivity index (χ2n) is 6.20. The van der Waals surface area contributed by atoms with E-state index in [2.05, 4.69) is 16.5 Å². The van der Waals surface area contributed by atoms with Gasteiger partial charge in [0, 0.05) is 5.92 Å². The largest absolute Gasteiger partial charge is 0.492 e. The molecule has 130 valence electrons. The minimum atomic E-state index is -0.214. The van der Waals surface area contributed by atoms with Gasteiger partial charge in [-0.05, 0) is 37.5 Å². The van der Waals surface area contributed by atoms with E-state index in [1.54, 1.807) is 0 Å². The molecular formula is C18H21N5O2. The summed E-state index contributed by atoms with van der Waals surface area (Å²) in [6.07, 6.45) is 2.04. The Morgan fingerprint density at radius 2 is 2.32 bits per heavy atom. The summed E-state index contributed by atoms with van der Waals surface area (Å²) in [5.41, 5.74) is 8.19. The molecule has 1 aliphatic rings. The Hall–Kier alpha value is -3.01. The number of amides is 1. The average molecular weight is 339 g/mol. The molecule has 1 saturated carbocycles. The number of hydrogen-bond acceptors (Lipinski definition) is 5. The molecule has 1 aromatic heterocycles. The van der Waals surface area contributed by atoms with Crippen LogP contribution >= 0.6 is 0 Å². The van der Waals surface area contributed by atoms with Gasteiger partial charge in [-0.1, -0.05) is 12.1 Å². The van der Waals surface area contributed by atoms with E-state index < -0.39 is 0 Å². The smallest absolute Gasteiger partial charge is 0.241 e. The number of nitrogens with one attached hydrogen (secondary N) is 1. The predicted molar refractivity (Wildman–Crippen MR) is 93.0 cm³/mol. The zero-order valence-electron chi connectivity index (χ0n) is 14.2. The first kappa shape index (κ1) is 16.8. The molecule has 0 saturated heterocycles. The maximum Gasteiger partial charge on any atom is 0.241 e. The Morgan fingerprint density at radius 1 is 1.52 bits per heavy atom. The fourth-order valence-corrected chi connectivity index (χ4v) is 2.63. The van der Waals surface area contributed by atoms with Crippen molar-refractivity contribution < 1.29 is 9.53 Å². The summed E-state index contributed by atoms with van der Waals surface area (Å²) in [6, 6.07) is 9.83. The van der Waals surface area contributed by atoms with Crippen LogP contribution in [0.4, 0.5) is 5.82 Å². The highest BCUT2D eigenvalue weighted by Crippen LogP contribution is 2.41. The van der Waals surface area contributed by atoms with Gasteiger partial charge >= 0.3 is 0 Å². The molecule has 0 radical (unpaired) electrons. The summed E-state index contributed by atoms with van der Waals surface area (Å²) in [6.45, 7) is 2.75. The molecule has 25 heavy (non-hydrogen) atoms. The highest BCUT2D eigenvalue weighted by Gasteiger charge is 2.31. The number of anilines is 1. The van der Waals surface area contributed by atoms with Crippen molar-refractivity contribution in [2.75, 3.05) is 18.9 Å². The number of nitriles is 1. The van der Waals surface area contributed by atoms with Crippen LogP contribution in [-0.4, -0.2) is 28.8 Å². The Labute approximate surface area is 146 Å². The standard InChI is InChI=1S/C18H21N5O2/c1-12-3-2-4-14(9-12)25-8-7-21-16(24)11-23-18(20)15(10-19)17(22-23)13-5-6-13/h2-4,9,13H,5-8,11,20H2,1H3,(H,21,24). The molecule has 2 aromatic rings. The SMILES string of the molecule is Cc1cccc(OCCNC(=O)Cn2nc(C3CC3)c(C#N)c2N)c1. The molecule has 1 heterocycles. The molecule has 0 unspecified atom stereocenters. The number of rotatable bonds is 7. The molecule has 1 fully saturated rings. The molecule has 1 aromatic carbocycles. The first-order chi connectivity index (χ1) is 12.1. The molecule has 3 rings (SSSR count). The minimum absolute atomic E-state index is 0.00230. The number of nitrogen functional groups attached to an aromatic ring is 1. The van der Waals surface area contributed by atoms with Crippen LogP contribution in [0.15, 0.2) is 24.3 Å². The van der Waals surface area contributed by atoms with Crippen LogP contribution in [0.25, 0.3) is 0 Å². The number of nitrogens with zero attached hydrogens (tertiary/aromatic N) is 3. The summed E-state index contributed by atoms with van der Waals surface area (Å²) >= 11 is 0. The molecule has 7 nitrogen and oxygen atoms in total. The van der Waals surface area contributed by atoms with Crippen molar-refractivity contribution in [3.05, 3.63) is 41.1 Å². The normalized spacial score (nSPS) is 13.3. The molecule has 3 N–H and O–H groups in total. The third kappa shape index (κ3) is 4.10. The summed E-state index contributed by atoms with van der Waals surface area (Å²) in [5.74, 6) is 1.13. The number of carbonyl (C=O) groups is 1. The fraction of sp³-hybridized carbons (Fsp3) is 0.389. The maximum atomic E-state index is 12.1. The molecule has 0 bridgehead atoms. The van der Waals surface area contributed by atoms with Gasteiger partial charge in [0.15, 0.2) is 0 Å². The van der Waals surface area contributed by atoms with Gasteiger partial charge in [-0.15, -0.1) is 0 Å². The topological polar surface area (TPSA) is 106 Å². The molecule has 0 atom stereocenters. The summed E-state index contributed by atoms with van der Waals surface area (Å²) in [5, 5.41) is 16.3. The van der Waals surface area contributed by atoms with Crippen molar-refractivity contribution in [3.63, 3.8) is 0 Å². The van der Waals surface area contributed by atoms with Crippen LogP contribution in [0, 0.1) is 18.3 Å². The van der Waals surface area contributed by atoms with E-state index in [4.69, 9.17) is 10.5 Å². The molecule has 1 aliphatic carbocycles. The second-order valence-corrected chi connectivity index (χ2v) is 6.20. The van der Waals surface area contributed by atoms with Crippen LogP contribution < -0.4 is 15.8 Å². The summed E-state index contributed by atoms with van der Waals surface area (Å²) in [4.78, 5) is 12.1. The maximum absolute atomic E-state index is 12.1. The second kappa shape index (κ2) is 7.26. The third-order valence-electron chi connectivity index (χ3n) is 4.07. The predicted octanol–water partition coefficient (Wildman–Crippen LogP) is 1.72. The molecule has 1 amide bonds. The number of ether oxygens (including phenoxy) is 1. The number of aryl methyl sites for hydroxylation is 1. The number of carbonyl (C=O) groups excluding carboxylic acids is 1. The first-order valence-corrected chi connectivity index (χ1v) is 8.31. The lowest BCUT2D eigenvalue weighted by Crippen LogP contribution is -2.31. The molecular weight excluding hydrogens is 318 g/mol. The lowest BCUT2D eigenvalue weighted by molar-refractivity contribution is -0.121. The van der Waals surface area contributed by atoms with Gasteiger partial charge in [-0.25, -0.2) is 4.68 Å². The third-order valence-corrected chi connectivity index (χ3v) is 4.07. The van der Waals surface area contributed by atoms with Crippen molar-refractivity contribution in [1.82, 2.24) is 15.1 Å². The van der Waals surface area contributed by atoms with Gasteiger partial charge in [-0.3, -0.25) is 4.79 Å². The molecule has 7 heteroatoms. The Bertz CT molecular complexity index is 817. The highest BCUT2D eigenvalue weighted by molar-refractivity contribution is 5.76. The van der Waals surface area contributed by atoms with Crippen molar-refractivity contribution >= 4 is 11.7 Å². The number of hydrogen-bond donors (Lipinski definition) is 2. The molecule has 0 spiro atoms. The lowest BCUT2D eigenvalue weighted by Gasteiger charge is -2.09. The van der Waals surface area contributed by atoms with Gasteiger partial charge in [-0.2, -0.15) is 10.4 Å². The first-order valence-electron chi connectivity index (χ1n) is 8.31. The number of benzene rings is 1. The van der Waals surface area contributed by atoms with Crippen molar-refractivity contribution in [2.24, 2.45) is 0 Å². The van der Waals surface area contributed by atoms with E-state index in [-0.39, 0.29) is 18.3 Å². The fourth-order valence-electron chi connectivity index (χ4n) is 2.63. The summed E-state index contributed by atoms with van der Waals surface area (Å²) in [7, 11) is 0. The Kier molecular flexibility index (Phi) is 4.89. The van der Waals surface area contributed by atoms with Crippen molar-refractivity contribution in [3.8, 4) is 11.8 Å². The van der Waals surface area contributed by atoms with Crippen molar-refractivity contribution in [2.45, 2.75) is 32.2 Å². The summed E-state index contributed by atoms with van der Waals surface area (Å²) < 4.78 is 6.99. The monoisotopic (exact) mass is 339 g/mol. The highest BCUT2D eigenvalue weighted by atomic mass is 16.5. The van der Waals surface area contributed by atoms with E-state index in [9.17, 15) is 10.1 Å². The quantitative estimate of drug-likeness (QED) is 0.747. The van der Waals surface area contributed by atoms with Gasteiger partial charge in [0.05, 0.1) is 12.2 Å². The van der Waals surface area contributed by atoms with E-state index >= 15 is 0 Å². The van der Waals surface area contributed by atoms with E-state index in [1.165, 1.54) is 4.68 Å². The lowest BCUT2D eigenvalue weighted by atomic mass is 10.2. The van der Waals surface area contributed by atoms with Crippen molar-refractivity contribution in [1.29, 1.82) is 5.26 Å². The van der Waals surface area contributed by atoms with Crippen LogP contribution in [-0.2, 0) is 11.3 Å². The number of nitrogens with two attached hydrogens (primary N) is 1. The minimum Gasteiger partial charge on any atom is -0.492 e. The Morgan fingerprint density at radius 3 is 3.00 bits per heavy atom. The van der Waals surface area contributed by atoms with Crippen LogP contribution in [0.3, 0.4) is 0 Å². The van der Waals surface area contributed by atoms with Gasteiger partial charge in [0.2, 0.25) is 5.91 Å². The average Bonchev–Trinajstić information content (AvgIpc) is 3.38. The van der Waals surface area contributed by atoms with Crippen LogP contribution in [0.2, 0.25) is 0 Å². The molecule has 0 aliphatic heterocycles. The zero-order chi connectivity index (χ0) is 17.8.